The molecule has 0 fully saturated rings. The third kappa shape index (κ3) is 1.88. The largest absolute Gasteiger partial charge is 0.508 e. The SMILES string of the molecule is Nc1cccc2nc(Cc3ccc(O)cc3)cn12. The summed E-state index contributed by atoms with van der Waals surface area (Å²) in [5.74, 6) is 0.954. The molecule has 0 saturated carbocycles. The van der Waals surface area contributed by atoms with Crippen LogP contribution < -0.4 is 5.73 Å². The van der Waals surface area contributed by atoms with E-state index in [4.69, 9.17) is 5.73 Å². The molecule has 2 aromatic heterocycles. The lowest BCUT2D eigenvalue weighted by Crippen LogP contribution is -1.93. The Labute approximate surface area is 104 Å². The molecule has 0 aliphatic rings. The number of nitrogens with two attached hydrogens (primary N) is 1. The molecule has 3 aromatic rings. The van der Waals surface area contributed by atoms with Crippen molar-refractivity contribution >= 4 is 11.5 Å². The highest BCUT2D eigenvalue weighted by Crippen LogP contribution is 2.15. The Morgan fingerprint density at radius 2 is 1.89 bits per heavy atom. The van der Waals surface area contributed by atoms with Crippen LogP contribution in [0.3, 0.4) is 0 Å². The molecular weight excluding hydrogens is 226 g/mol. The summed E-state index contributed by atoms with van der Waals surface area (Å²) in [5, 5.41) is 9.24. The van der Waals surface area contributed by atoms with Crippen LogP contribution in [0.25, 0.3) is 5.65 Å². The maximum Gasteiger partial charge on any atom is 0.138 e. The molecule has 1 aromatic carbocycles. The second kappa shape index (κ2) is 4.07. The number of nitrogens with zero attached hydrogens (tertiary/aromatic N) is 2. The third-order valence-corrected chi connectivity index (χ3v) is 2.90. The summed E-state index contributed by atoms with van der Waals surface area (Å²) in [7, 11) is 0. The minimum Gasteiger partial charge on any atom is -0.508 e. The van der Waals surface area contributed by atoms with Crippen LogP contribution in [0, 0.1) is 0 Å². The van der Waals surface area contributed by atoms with Crippen molar-refractivity contribution in [3.8, 4) is 5.75 Å². The highest BCUT2D eigenvalue weighted by Gasteiger charge is 2.04. The molecule has 0 radical (unpaired) electrons. The smallest absolute Gasteiger partial charge is 0.138 e. The Kier molecular flexibility index (Phi) is 2.41. The van der Waals surface area contributed by atoms with Crippen molar-refractivity contribution in [1.82, 2.24) is 9.38 Å². The fraction of sp³-hybridized carbons (Fsp3) is 0.0714. The lowest BCUT2D eigenvalue weighted by molar-refractivity contribution is 0.475. The zero-order valence-electron chi connectivity index (χ0n) is 9.74. The van der Waals surface area contributed by atoms with E-state index in [0.29, 0.717) is 5.82 Å². The van der Waals surface area contributed by atoms with E-state index >= 15 is 0 Å². The first-order chi connectivity index (χ1) is 8.72. The van der Waals surface area contributed by atoms with Crippen molar-refractivity contribution < 1.29 is 5.11 Å². The van der Waals surface area contributed by atoms with Gasteiger partial charge in [0.1, 0.15) is 17.2 Å². The van der Waals surface area contributed by atoms with E-state index in [9.17, 15) is 5.11 Å². The van der Waals surface area contributed by atoms with Crippen molar-refractivity contribution in [3.63, 3.8) is 0 Å². The summed E-state index contributed by atoms with van der Waals surface area (Å²) in [6.07, 6.45) is 2.67. The first kappa shape index (κ1) is 10.7. The normalized spacial score (nSPS) is 10.9. The number of aromatic nitrogens is 2. The monoisotopic (exact) mass is 239 g/mol. The summed E-state index contributed by atoms with van der Waals surface area (Å²) < 4.78 is 1.87. The molecule has 0 saturated heterocycles. The topological polar surface area (TPSA) is 63.5 Å². The molecule has 4 nitrogen and oxygen atoms in total. The van der Waals surface area contributed by atoms with Gasteiger partial charge in [-0.25, -0.2) is 4.98 Å². The zero-order chi connectivity index (χ0) is 12.5. The van der Waals surface area contributed by atoms with Crippen LogP contribution in [-0.4, -0.2) is 14.5 Å². The average molecular weight is 239 g/mol. The van der Waals surface area contributed by atoms with Gasteiger partial charge in [0.15, 0.2) is 0 Å². The number of fused-ring (bicyclic) bond motifs is 1. The summed E-state index contributed by atoms with van der Waals surface area (Å²) >= 11 is 0. The number of rotatable bonds is 2. The van der Waals surface area contributed by atoms with E-state index < -0.39 is 0 Å². The molecule has 3 rings (SSSR count). The third-order valence-electron chi connectivity index (χ3n) is 2.90. The Hall–Kier alpha value is -2.49. The molecule has 3 N–H and O–H groups in total. The molecule has 4 heteroatoms. The number of aromatic hydroxyl groups is 1. The van der Waals surface area contributed by atoms with Gasteiger partial charge in [0.25, 0.3) is 0 Å². The predicted molar refractivity (Wildman–Crippen MR) is 70.5 cm³/mol. The van der Waals surface area contributed by atoms with Gasteiger partial charge >= 0.3 is 0 Å². The zero-order valence-corrected chi connectivity index (χ0v) is 9.74. The van der Waals surface area contributed by atoms with Crippen LogP contribution in [0.2, 0.25) is 0 Å². The number of phenols is 1. The molecule has 0 spiro atoms. The summed E-state index contributed by atoms with van der Waals surface area (Å²) in [5.41, 5.74) is 8.79. The van der Waals surface area contributed by atoms with Crippen LogP contribution >= 0.6 is 0 Å². The molecule has 0 bridgehead atoms. The summed E-state index contributed by atoms with van der Waals surface area (Å²) in [6, 6.07) is 12.8. The number of anilines is 1. The molecule has 0 unspecified atom stereocenters. The Balaban J connectivity index is 1.95. The van der Waals surface area contributed by atoms with Gasteiger partial charge in [-0.1, -0.05) is 18.2 Å². The van der Waals surface area contributed by atoms with Crippen molar-refractivity contribution in [2.24, 2.45) is 0 Å². The number of imidazole rings is 1. The molecule has 0 amide bonds. The molecule has 18 heavy (non-hydrogen) atoms. The number of nitrogen functional groups attached to an aromatic ring is 1. The van der Waals surface area contributed by atoms with E-state index in [1.165, 1.54) is 0 Å². The fourth-order valence-corrected chi connectivity index (χ4v) is 1.99. The van der Waals surface area contributed by atoms with Gasteiger partial charge in [0.05, 0.1) is 5.69 Å². The number of pyridine rings is 1. The van der Waals surface area contributed by atoms with Crippen molar-refractivity contribution in [2.75, 3.05) is 5.73 Å². The quantitative estimate of drug-likeness (QED) is 0.720. The lowest BCUT2D eigenvalue weighted by atomic mass is 10.1. The molecule has 0 aliphatic carbocycles. The molecule has 2 heterocycles. The van der Waals surface area contributed by atoms with E-state index in [-0.39, 0.29) is 5.75 Å². The second-order valence-corrected chi connectivity index (χ2v) is 4.25. The Bertz CT molecular complexity index is 686. The van der Waals surface area contributed by atoms with Gasteiger partial charge in [-0.05, 0) is 29.8 Å². The molecular formula is C14H13N3O. The maximum absolute atomic E-state index is 9.24. The summed E-state index contributed by atoms with van der Waals surface area (Å²) in [6.45, 7) is 0. The van der Waals surface area contributed by atoms with Gasteiger partial charge in [0.2, 0.25) is 0 Å². The van der Waals surface area contributed by atoms with Gasteiger partial charge < -0.3 is 10.8 Å². The summed E-state index contributed by atoms with van der Waals surface area (Å²) in [4.78, 5) is 4.51. The maximum atomic E-state index is 9.24. The first-order valence-electron chi connectivity index (χ1n) is 5.73. The van der Waals surface area contributed by atoms with Crippen LogP contribution in [0.1, 0.15) is 11.3 Å². The highest BCUT2D eigenvalue weighted by molar-refractivity contribution is 5.49. The van der Waals surface area contributed by atoms with E-state index in [1.807, 2.05) is 40.9 Å². The van der Waals surface area contributed by atoms with Crippen LogP contribution in [0.15, 0.2) is 48.7 Å². The highest BCUT2D eigenvalue weighted by atomic mass is 16.3. The van der Waals surface area contributed by atoms with Gasteiger partial charge in [-0.2, -0.15) is 0 Å². The number of hydrogen-bond donors (Lipinski definition) is 2. The van der Waals surface area contributed by atoms with Gasteiger partial charge in [-0.3, -0.25) is 4.40 Å². The van der Waals surface area contributed by atoms with E-state index in [0.717, 1.165) is 23.3 Å². The standard InChI is InChI=1S/C14H13N3O/c15-13-2-1-3-14-16-11(9-17(13)14)8-10-4-6-12(18)7-5-10/h1-7,9,18H,8,15H2. The van der Waals surface area contributed by atoms with Crippen LogP contribution in [0.5, 0.6) is 5.75 Å². The Morgan fingerprint density at radius 3 is 2.61 bits per heavy atom. The Morgan fingerprint density at radius 1 is 1.11 bits per heavy atom. The van der Waals surface area contributed by atoms with E-state index in [1.54, 1.807) is 12.1 Å². The van der Waals surface area contributed by atoms with Crippen LogP contribution in [-0.2, 0) is 6.42 Å². The van der Waals surface area contributed by atoms with Crippen molar-refractivity contribution in [3.05, 3.63) is 59.9 Å². The predicted octanol–water partition coefficient (Wildman–Crippen LogP) is 2.21. The van der Waals surface area contributed by atoms with Crippen LogP contribution in [0.4, 0.5) is 5.82 Å². The fourth-order valence-electron chi connectivity index (χ4n) is 1.99. The molecule has 0 aliphatic heterocycles. The minimum atomic E-state index is 0.276. The first-order valence-corrected chi connectivity index (χ1v) is 5.73. The number of hydrogen-bond acceptors (Lipinski definition) is 3. The minimum absolute atomic E-state index is 0.276. The second-order valence-electron chi connectivity index (χ2n) is 4.25. The van der Waals surface area contributed by atoms with E-state index in [2.05, 4.69) is 4.98 Å². The lowest BCUT2D eigenvalue weighted by Gasteiger charge is -1.98. The number of benzene rings is 1. The number of phenolic OH excluding ortho intramolecular Hbond substituents is 1. The van der Waals surface area contributed by atoms with Crippen molar-refractivity contribution in [1.29, 1.82) is 0 Å². The molecule has 90 valence electrons. The molecule has 0 atom stereocenters. The average Bonchev–Trinajstić information content (AvgIpc) is 2.76. The van der Waals surface area contributed by atoms with Gasteiger partial charge in [-0.15, -0.1) is 0 Å². The van der Waals surface area contributed by atoms with Crippen molar-refractivity contribution in [2.45, 2.75) is 6.42 Å². The van der Waals surface area contributed by atoms with Gasteiger partial charge in [0, 0.05) is 12.6 Å².